The van der Waals surface area contributed by atoms with Crippen LogP contribution in [0.3, 0.4) is 0 Å². The molecule has 0 spiro atoms. The number of rotatable bonds is 3. The molecule has 1 aromatic heterocycles. The third kappa shape index (κ3) is 1.88. The Bertz CT molecular complexity index is 193. The van der Waals surface area contributed by atoms with Gasteiger partial charge in [0.05, 0.1) is 0 Å². The van der Waals surface area contributed by atoms with Gasteiger partial charge < -0.3 is 10.2 Å². The SMILES string of the molecule is Cc1ccc(CCCN)o1. The predicted molar refractivity (Wildman–Crippen MR) is 40.8 cm³/mol. The zero-order valence-electron chi connectivity index (χ0n) is 6.26. The highest BCUT2D eigenvalue weighted by atomic mass is 16.3. The molecule has 1 rings (SSSR count). The molecular formula is C8H13NO. The molecule has 1 heterocycles. The molecule has 0 bridgehead atoms. The van der Waals surface area contributed by atoms with Crippen LogP contribution >= 0.6 is 0 Å². The average molecular weight is 139 g/mol. The molecule has 2 heteroatoms. The van der Waals surface area contributed by atoms with E-state index in [0.29, 0.717) is 0 Å². The zero-order chi connectivity index (χ0) is 7.40. The molecule has 0 saturated heterocycles. The van der Waals surface area contributed by atoms with E-state index in [1.807, 2.05) is 19.1 Å². The van der Waals surface area contributed by atoms with Gasteiger partial charge in [-0.15, -0.1) is 0 Å². The Kier molecular flexibility index (Phi) is 2.51. The Labute approximate surface area is 61.0 Å². The average Bonchev–Trinajstić information content (AvgIpc) is 2.31. The number of furan rings is 1. The molecule has 0 aliphatic carbocycles. The summed E-state index contributed by atoms with van der Waals surface area (Å²) in [5, 5.41) is 0. The summed E-state index contributed by atoms with van der Waals surface area (Å²) >= 11 is 0. The van der Waals surface area contributed by atoms with Crippen molar-refractivity contribution >= 4 is 0 Å². The van der Waals surface area contributed by atoms with E-state index in [0.717, 1.165) is 30.9 Å². The predicted octanol–water partition coefficient (Wildman–Crippen LogP) is 1.48. The maximum absolute atomic E-state index is 5.34. The monoisotopic (exact) mass is 139 g/mol. The smallest absolute Gasteiger partial charge is 0.104 e. The van der Waals surface area contributed by atoms with Crippen LogP contribution in [-0.2, 0) is 6.42 Å². The molecule has 0 saturated carbocycles. The first kappa shape index (κ1) is 7.35. The van der Waals surface area contributed by atoms with Gasteiger partial charge in [-0.1, -0.05) is 0 Å². The van der Waals surface area contributed by atoms with Crippen LogP contribution in [0.1, 0.15) is 17.9 Å². The van der Waals surface area contributed by atoms with Crippen LogP contribution in [0.5, 0.6) is 0 Å². The van der Waals surface area contributed by atoms with E-state index in [1.165, 1.54) is 0 Å². The van der Waals surface area contributed by atoms with Crippen molar-refractivity contribution in [3.8, 4) is 0 Å². The highest BCUT2D eigenvalue weighted by Crippen LogP contribution is 2.07. The highest BCUT2D eigenvalue weighted by Gasteiger charge is 1.95. The van der Waals surface area contributed by atoms with Gasteiger partial charge in [0.15, 0.2) is 0 Å². The van der Waals surface area contributed by atoms with E-state index in [2.05, 4.69) is 0 Å². The van der Waals surface area contributed by atoms with Gasteiger partial charge in [0.1, 0.15) is 11.5 Å². The van der Waals surface area contributed by atoms with E-state index < -0.39 is 0 Å². The van der Waals surface area contributed by atoms with Crippen molar-refractivity contribution in [1.82, 2.24) is 0 Å². The molecule has 0 amide bonds. The lowest BCUT2D eigenvalue weighted by atomic mass is 10.2. The summed E-state index contributed by atoms with van der Waals surface area (Å²) in [7, 11) is 0. The Morgan fingerprint density at radius 3 is 2.80 bits per heavy atom. The molecule has 0 unspecified atom stereocenters. The fourth-order valence-corrected chi connectivity index (χ4v) is 0.896. The fraction of sp³-hybridized carbons (Fsp3) is 0.500. The van der Waals surface area contributed by atoms with Crippen molar-refractivity contribution in [3.63, 3.8) is 0 Å². The van der Waals surface area contributed by atoms with Crippen LogP contribution in [0.4, 0.5) is 0 Å². The molecular weight excluding hydrogens is 126 g/mol. The fourth-order valence-electron chi connectivity index (χ4n) is 0.896. The van der Waals surface area contributed by atoms with Gasteiger partial charge >= 0.3 is 0 Å². The van der Waals surface area contributed by atoms with Crippen LogP contribution < -0.4 is 5.73 Å². The second-order valence-electron chi connectivity index (χ2n) is 2.40. The Hall–Kier alpha value is -0.760. The normalized spacial score (nSPS) is 10.2. The van der Waals surface area contributed by atoms with Gasteiger partial charge in [0.25, 0.3) is 0 Å². The van der Waals surface area contributed by atoms with Gasteiger partial charge in [0.2, 0.25) is 0 Å². The van der Waals surface area contributed by atoms with Crippen LogP contribution in [0.15, 0.2) is 16.5 Å². The van der Waals surface area contributed by atoms with Gasteiger partial charge in [-0.3, -0.25) is 0 Å². The summed E-state index contributed by atoms with van der Waals surface area (Å²) in [5.41, 5.74) is 5.34. The minimum Gasteiger partial charge on any atom is -0.466 e. The molecule has 0 aliphatic rings. The third-order valence-electron chi connectivity index (χ3n) is 1.42. The minimum absolute atomic E-state index is 0.736. The van der Waals surface area contributed by atoms with E-state index >= 15 is 0 Å². The van der Waals surface area contributed by atoms with E-state index in [4.69, 9.17) is 10.2 Å². The first-order valence-electron chi connectivity index (χ1n) is 3.58. The Morgan fingerprint density at radius 1 is 1.50 bits per heavy atom. The van der Waals surface area contributed by atoms with Crippen LogP contribution in [-0.4, -0.2) is 6.54 Å². The van der Waals surface area contributed by atoms with Crippen molar-refractivity contribution in [3.05, 3.63) is 23.7 Å². The molecule has 2 nitrogen and oxygen atoms in total. The lowest BCUT2D eigenvalue weighted by molar-refractivity contribution is 0.478. The molecule has 10 heavy (non-hydrogen) atoms. The molecule has 0 fully saturated rings. The van der Waals surface area contributed by atoms with Crippen molar-refractivity contribution < 1.29 is 4.42 Å². The van der Waals surface area contributed by atoms with Crippen LogP contribution in [0.25, 0.3) is 0 Å². The maximum Gasteiger partial charge on any atom is 0.104 e. The van der Waals surface area contributed by atoms with Crippen molar-refractivity contribution in [2.75, 3.05) is 6.54 Å². The second kappa shape index (κ2) is 3.42. The van der Waals surface area contributed by atoms with Crippen LogP contribution in [0, 0.1) is 6.92 Å². The third-order valence-corrected chi connectivity index (χ3v) is 1.42. The van der Waals surface area contributed by atoms with Crippen molar-refractivity contribution in [2.24, 2.45) is 5.73 Å². The van der Waals surface area contributed by atoms with E-state index in [-0.39, 0.29) is 0 Å². The molecule has 0 aromatic carbocycles. The maximum atomic E-state index is 5.34. The highest BCUT2D eigenvalue weighted by molar-refractivity contribution is 5.05. The quantitative estimate of drug-likeness (QED) is 0.688. The largest absolute Gasteiger partial charge is 0.466 e. The first-order valence-corrected chi connectivity index (χ1v) is 3.58. The van der Waals surface area contributed by atoms with Gasteiger partial charge in [-0.25, -0.2) is 0 Å². The lowest BCUT2D eigenvalue weighted by Crippen LogP contribution is -1.99. The lowest BCUT2D eigenvalue weighted by Gasteiger charge is -1.91. The standard InChI is InChI=1S/C8H13NO/c1-7-4-5-8(10-7)3-2-6-9/h4-5H,2-3,6,9H2,1H3. The van der Waals surface area contributed by atoms with Gasteiger partial charge in [0, 0.05) is 6.42 Å². The summed E-state index contributed by atoms with van der Waals surface area (Å²) in [6, 6.07) is 3.98. The topological polar surface area (TPSA) is 39.2 Å². The summed E-state index contributed by atoms with van der Waals surface area (Å²) < 4.78 is 5.33. The number of hydrogen-bond acceptors (Lipinski definition) is 2. The Balaban J connectivity index is 2.42. The summed E-state index contributed by atoms with van der Waals surface area (Å²) in [4.78, 5) is 0. The summed E-state index contributed by atoms with van der Waals surface area (Å²) in [6.07, 6.45) is 1.97. The molecule has 0 radical (unpaired) electrons. The molecule has 56 valence electrons. The number of aryl methyl sites for hydroxylation is 2. The van der Waals surface area contributed by atoms with Crippen molar-refractivity contribution in [1.29, 1.82) is 0 Å². The second-order valence-corrected chi connectivity index (χ2v) is 2.40. The van der Waals surface area contributed by atoms with E-state index in [9.17, 15) is 0 Å². The van der Waals surface area contributed by atoms with Crippen molar-refractivity contribution in [2.45, 2.75) is 19.8 Å². The van der Waals surface area contributed by atoms with Gasteiger partial charge in [-0.2, -0.15) is 0 Å². The zero-order valence-corrected chi connectivity index (χ0v) is 6.26. The molecule has 0 atom stereocenters. The molecule has 0 aliphatic heterocycles. The minimum atomic E-state index is 0.736. The van der Waals surface area contributed by atoms with Gasteiger partial charge in [-0.05, 0) is 32.0 Å². The number of hydrogen-bond donors (Lipinski definition) is 1. The van der Waals surface area contributed by atoms with E-state index in [1.54, 1.807) is 0 Å². The summed E-state index contributed by atoms with van der Waals surface area (Å²) in [6.45, 7) is 2.69. The molecule has 2 N–H and O–H groups in total. The first-order chi connectivity index (χ1) is 4.83. The van der Waals surface area contributed by atoms with Crippen LogP contribution in [0.2, 0.25) is 0 Å². The Morgan fingerprint density at radius 2 is 2.30 bits per heavy atom. The summed E-state index contributed by atoms with van der Waals surface area (Å²) in [5.74, 6) is 2.02. The number of nitrogens with two attached hydrogens (primary N) is 1. The molecule has 1 aromatic rings.